The molecule has 0 radical (unpaired) electrons. The maximum atomic E-state index is 11.9. The Hall–Kier alpha value is -2.49. The quantitative estimate of drug-likeness (QED) is 0.742. The van der Waals surface area contributed by atoms with Gasteiger partial charge in [0.1, 0.15) is 5.75 Å². The van der Waals surface area contributed by atoms with Gasteiger partial charge in [-0.25, -0.2) is 0 Å². The number of hydrogen-bond donors (Lipinski definition) is 2. The van der Waals surface area contributed by atoms with E-state index in [4.69, 9.17) is 4.74 Å². The molecule has 0 aliphatic heterocycles. The van der Waals surface area contributed by atoms with E-state index < -0.39 is 0 Å². The molecule has 1 amide bonds. The first-order valence-corrected chi connectivity index (χ1v) is 8.44. The molecule has 2 aromatic carbocycles. The second-order valence-corrected chi connectivity index (χ2v) is 5.64. The number of benzene rings is 2. The number of aryl methyl sites for hydroxylation is 1. The van der Waals surface area contributed by atoms with E-state index in [9.17, 15) is 4.79 Å². The zero-order chi connectivity index (χ0) is 17.2. The lowest BCUT2D eigenvalue weighted by atomic mass is 10.1. The third kappa shape index (κ3) is 5.61. The Morgan fingerprint density at radius 3 is 2.71 bits per heavy atom. The van der Waals surface area contributed by atoms with Crippen molar-refractivity contribution < 1.29 is 9.53 Å². The molecule has 0 atom stereocenters. The summed E-state index contributed by atoms with van der Waals surface area (Å²) in [6, 6.07) is 16.1. The molecule has 2 N–H and O–H groups in total. The van der Waals surface area contributed by atoms with Gasteiger partial charge in [0.05, 0.1) is 7.11 Å². The van der Waals surface area contributed by atoms with Gasteiger partial charge in [0, 0.05) is 25.2 Å². The van der Waals surface area contributed by atoms with Gasteiger partial charge in [-0.05, 0) is 42.2 Å². The number of hydrogen-bond acceptors (Lipinski definition) is 3. The molecule has 4 nitrogen and oxygen atoms in total. The van der Waals surface area contributed by atoms with E-state index >= 15 is 0 Å². The fourth-order valence-corrected chi connectivity index (χ4v) is 2.57. The number of carbonyl (C=O) groups excluding carboxylic acids is 1. The first-order chi connectivity index (χ1) is 11.7. The average Bonchev–Trinajstić information content (AvgIpc) is 2.62. The summed E-state index contributed by atoms with van der Waals surface area (Å²) in [6.07, 6.45) is 2.25. The first-order valence-electron chi connectivity index (χ1n) is 8.44. The summed E-state index contributed by atoms with van der Waals surface area (Å²) in [6.45, 7) is 3.41. The minimum Gasteiger partial charge on any atom is -0.497 e. The van der Waals surface area contributed by atoms with Gasteiger partial charge < -0.3 is 15.4 Å². The standard InChI is InChI=1S/C20H26N2O2/c1-3-17-8-4-5-10-19(17)21-14-12-20(23)22-13-11-16-7-6-9-18(15-16)24-2/h4-10,15,21H,3,11-14H2,1-2H3,(H,22,23). The smallest absolute Gasteiger partial charge is 0.221 e. The number of methoxy groups -OCH3 is 1. The van der Waals surface area contributed by atoms with Crippen molar-refractivity contribution in [3.05, 3.63) is 59.7 Å². The van der Waals surface area contributed by atoms with E-state index in [1.54, 1.807) is 7.11 Å². The second-order valence-electron chi connectivity index (χ2n) is 5.64. The topological polar surface area (TPSA) is 50.4 Å². The highest BCUT2D eigenvalue weighted by molar-refractivity contribution is 5.76. The average molecular weight is 326 g/mol. The molecule has 0 fully saturated rings. The van der Waals surface area contributed by atoms with Crippen LogP contribution in [0.4, 0.5) is 5.69 Å². The SMILES string of the molecule is CCc1ccccc1NCCC(=O)NCCc1cccc(OC)c1. The molecule has 0 saturated carbocycles. The first kappa shape index (κ1) is 17.9. The van der Waals surface area contributed by atoms with Crippen LogP contribution >= 0.6 is 0 Å². The molecular weight excluding hydrogens is 300 g/mol. The van der Waals surface area contributed by atoms with E-state index in [1.807, 2.05) is 36.4 Å². The molecule has 0 saturated heterocycles. The fourth-order valence-electron chi connectivity index (χ4n) is 2.57. The highest BCUT2D eigenvalue weighted by atomic mass is 16.5. The molecule has 4 heteroatoms. The van der Waals surface area contributed by atoms with Crippen LogP contribution in [0.3, 0.4) is 0 Å². The lowest BCUT2D eigenvalue weighted by molar-refractivity contribution is -0.120. The van der Waals surface area contributed by atoms with Crippen molar-refractivity contribution >= 4 is 11.6 Å². The van der Waals surface area contributed by atoms with Crippen molar-refractivity contribution in [3.8, 4) is 5.75 Å². The van der Waals surface area contributed by atoms with Crippen LogP contribution in [-0.4, -0.2) is 26.1 Å². The van der Waals surface area contributed by atoms with Gasteiger partial charge in [0.15, 0.2) is 0 Å². The number of ether oxygens (including phenoxy) is 1. The summed E-state index contributed by atoms with van der Waals surface area (Å²) in [5.74, 6) is 0.914. The molecule has 2 aromatic rings. The maximum Gasteiger partial charge on any atom is 0.221 e. The van der Waals surface area contributed by atoms with Gasteiger partial charge in [-0.1, -0.05) is 37.3 Å². The molecule has 24 heavy (non-hydrogen) atoms. The minimum atomic E-state index is 0.0689. The summed E-state index contributed by atoms with van der Waals surface area (Å²) in [7, 11) is 1.66. The lowest BCUT2D eigenvalue weighted by Gasteiger charge is -2.11. The van der Waals surface area contributed by atoms with Crippen LogP contribution in [0.2, 0.25) is 0 Å². The molecule has 2 rings (SSSR count). The van der Waals surface area contributed by atoms with Crippen LogP contribution in [-0.2, 0) is 17.6 Å². The van der Waals surface area contributed by atoms with E-state index in [0.29, 0.717) is 19.5 Å². The largest absolute Gasteiger partial charge is 0.497 e. The third-order valence-corrected chi connectivity index (χ3v) is 3.94. The third-order valence-electron chi connectivity index (χ3n) is 3.94. The lowest BCUT2D eigenvalue weighted by Crippen LogP contribution is -2.27. The highest BCUT2D eigenvalue weighted by Crippen LogP contribution is 2.15. The Morgan fingerprint density at radius 2 is 1.92 bits per heavy atom. The summed E-state index contributed by atoms with van der Waals surface area (Å²) in [5.41, 5.74) is 3.55. The van der Waals surface area contributed by atoms with E-state index in [-0.39, 0.29) is 5.91 Å². The van der Waals surface area contributed by atoms with Gasteiger partial charge in [0.2, 0.25) is 5.91 Å². The predicted molar refractivity (Wildman–Crippen MR) is 98.6 cm³/mol. The Morgan fingerprint density at radius 1 is 1.08 bits per heavy atom. The van der Waals surface area contributed by atoms with E-state index in [0.717, 1.165) is 29.8 Å². The molecule has 0 unspecified atom stereocenters. The van der Waals surface area contributed by atoms with Crippen molar-refractivity contribution in [2.75, 3.05) is 25.5 Å². The van der Waals surface area contributed by atoms with Gasteiger partial charge in [-0.3, -0.25) is 4.79 Å². The zero-order valence-electron chi connectivity index (χ0n) is 14.5. The summed E-state index contributed by atoms with van der Waals surface area (Å²) in [5, 5.41) is 6.30. The predicted octanol–water partition coefficient (Wildman–Crippen LogP) is 3.42. The van der Waals surface area contributed by atoms with Crippen molar-refractivity contribution in [2.24, 2.45) is 0 Å². The number of amides is 1. The van der Waals surface area contributed by atoms with Crippen LogP contribution < -0.4 is 15.4 Å². The minimum absolute atomic E-state index is 0.0689. The van der Waals surface area contributed by atoms with Crippen molar-refractivity contribution in [2.45, 2.75) is 26.2 Å². The van der Waals surface area contributed by atoms with Gasteiger partial charge in [-0.2, -0.15) is 0 Å². The van der Waals surface area contributed by atoms with Crippen molar-refractivity contribution in [3.63, 3.8) is 0 Å². The van der Waals surface area contributed by atoms with Crippen LogP contribution in [0.15, 0.2) is 48.5 Å². The number of anilines is 1. The highest BCUT2D eigenvalue weighted by Gasteiger charge is 2.03. The molecule has 128 valence electrons. The summed E-state index contributed by atoms with van der Waals surface area (Å²) < 4.78 is 5.20. The second kappa shape index (κ2) is 9.60. The Bertz CT molecular complexity index is 656. The van der Waals surface area contributed by atoms with Crippen LogP contribution in [0.25, 0.3) is 0 Å². The fraction of sp³-hybridized carbons (Fsp3) is 0.350. The number of para-hydroxylation sites is 1. The Kier molecular flexibility index (Phi) is 7.15. The van der Waals surface area contributed by atoms with Gasteiger partial charge in [-0.15, -0.1) is 0 Å². The van der Waals surface area contributed by atoms with Crippen LogP contribution in [0.5, 0.6) is 5.75 Å². The normalized spacial score (nSPS) is 10.2. The molecule has 0 aromatic heterocycles. The number of nitrogens with one attached hydrogen (secondary N) is 2. The molecular formula is C20H26N2O2. The van der Waals surface area contributed by atoms with Crippen LogP contribution in [0, 0.1) is 0 Å². The Labute approximate surface area is 144 Å². The molecule has 0 heterocycles. The molecule has 0 spiro atoms. The summed E-state index contributed by atoms with van der Waals surface area (Å²) in [4.78, 5) is 11.9. The van der Waals surface area contributed by atoms with Crippen LogP contribution in [0.1, 0.15) is 24.5 Å². The zero-order valence-corrected chi connectivity index (χ0v) is 14.5. The molecule has 0 aliphatic carbocycles. The Balaban J connectivity index is 1.68. The van der Waals surface area contributed by atoms with E-state index in [1.165, 1.54) is 5.56 Å². The van der Waals surface area contributed by atoms with E-state index in [2.05, 4.69) is 29.7 Å². The van der Waals surface area contributed by atoms with Gasteiger partial charge in [0.25, 0.3) is 0 Å². The maximum absolute atomic E-state index is 11.9. The monoisotopic (exact) mass is 326 g/mol. The molecule has 0 bridgehead atoms. The number of rotatable bonds is 9. The molecule has 0 aliphatic rings. The number of carbonyl (C=O) groups is 1. The van der Waals surface area contributed by atoms with Gasteiger partial charge >= 0.3 is 0 Å². The van der Waals surface area contributed by atoms with Crippen molar-refractivity contribution in [1.82, 2.24) is 5.32 Å². The summed E-state index contributed by atoms with van der Waals surface area (Å²) >= 11 is 0. The van der Waals surface area contributed by atoms with Crippen molar-refractivity contribution in [1.29, 1.82) is 0 Å².